The average molecular weight is 516 g/mol. The van der Waals surface area contributed by atoms with Crippen molar-refractivity contribution in [2.45, 2.75) is 89.9 Å². The van der Waals surface area contributed by atoms with Crippen LogP contribution in [0.15, 0.2) is 12.2 Å². The van der Waals surface area contributed by atoms with Gasteiger partial charge in [0.25, 0.3) is 21.9 Å². The Morgan fingerprint density at radius 3 is 1.60 bits per heavy atom. The van der Waals surface area contributed by atoms with Crippen molar-refractivity contribution in [2.75, 3.05) is 25.4 Å². The third-order valence-electron chi connectivity index (χ3n) is 5.74. The smallest absolute Gasteiger partial charge is 0.264 e. The molecule has 3 N–H and O–H groups in total. The molecule has 10 nitrogen and oxygen atoms in total. The van der Waals surface area contributed by atoms with Crippen LogP contribution in [-0.2, 0) is 29.3 Å². The first-order valence-corrected chi connectivity index (χ1v) is 14.3. The van der Waals surface area contributed by atoms with Crippen molar-refractivity contribution in [1.29, 1.82) is 0 Å². The van der Waals surface area contributed by atoms with Gasteiger partial charge in [0.1, 0.15) is 0 Å². The van der Waals surface area contributed by atoms with E-state index in [4.69, 9.17) is 4.55 Å². The highest BCUT2D eigenvalue weighted by molar-refractivity contribution is 7.85. The predicted molar refractivity (Wildman–Crippen MR) is 133 cm³/mol. The van der Waals surface area contributed by atoms with Gasteiger partial charge < -0.3 is 10.6 Å². The summed E-state index contributed by atoms with van der Waals surface area (Å²) in [5.74, 6) is -0.736. The largest absolute Gasteiger partial charge is 0.356 e. The first-order valence-electron chi connectivity index (χ1n) is 12.7. The minimum absolute atomic E-state index is 0.0201. The maximum absolute atomic E-state index is 11.8. The number of imide groups is 1. The monoisotopic (exact) mass is 515 g/mol. The van der Waals surface area contributed by atoms with E-state index < -0.39 is 10.1 Å². The van der Waals surface area contributed by atoms with Crippen LogP contribution in [0, 0.1) is 0 Å². The number of hydrogen-bond acceptors (Lipinski definition) is 6. The first-order chi connectivity index (χ1) is 16.7. The average Bonchev–Trinajstić information content (AvgIpc) is 3.11. The van der Waals surface area contributed by atoms with E-state index in [0.29, 0.717) is 58.2 Å². The molecule has 200 valence electrons. The van der Waals surface area contributed by atoms with Gasteiger partial charge in [0.05, 0.1) is 5.75 Å². The van der Waals surface area contributed by atoms with Crippen molar-refractivity contribution in [1.82, 2.24) is 15.5 Å². The van der Waals surface area contributed by atoms with Gasteiger partial charge in [-0.3, -0.25) is 28.6 Å². The lowest BCUT2D eigenvalue weighted by Crippen LogP contribution is -2.31. The Labute approximate surface area is 209 Å². The number of carbonyl (C=O) groups excluding carboxylic acids is 4. The van der Waals surface area contributed by atoms with Crippen LogP contribution < -0.4 is 10.6 Å². The van der Waals surface area contributed by atoms with E-state index in [0.717, 1.165) is 51.4 Å². The zero-order valence-electron chi connectivity index (χ0n) is 20.6. The Hall–Kier alpha value is -2.27. The molecule has 1 aliphatic rings. The van der Waals surface area contributed by atoms with Gasteiger partial charge in [-0.05, 0) is 32.1 Å². The van der Waals surface area contributed by atoms with Crippen LogP contribution in [0.4, 0.5) is 0 Å². The summed E-state index contributed by atoms with van der Waals surface area (Å²) in [7, 11) is -3.84. The van der Waals surface area contributed by atoms with Crippen molar-refractivity contribution in [3.05, 3.63) is 12.2 Å². The van der Waals surface area contributed by atoms with Gasteiger partial charge in [0, 0.05) is 44.6 Å². The van der Waals surface area contributed by atoms with Crippen LogP contribution in [-0.4, -0.2) is 66.9 Å². The van der Waals surface area contributed by atoms with Crippen LogP contribution in [0.3, 0.4) is 0 Å². The molecule has 0 bridgehead atoms. The Morgan fingerprint density at radius 1 is 0.686 bits per heavy atom. The topological polar surface area (TPSA) is 150 Å². The Morgan fingerprint density at radius 2 is 1.11 bits per heavy atom. The fourth-order valence-corrected chi connectivity index (χ4v) is 4.30. The molecule has 0 saturated heterocycles. The van der Waals surface area contributed by atoms with Gasteiger partial charge in [-0.2, -0.15) is 8.42 Å². The zero-order valence-corrected chi connectivity index (χ0v) is 21.5. The second kappa shape index (κ2) is 18.1. The van der Waals surface area contributed by atoms with Gasteiger partial charge >= 0.3 is 0 Å². The molecular weight excluding hydrogens is 474 g/mol. The molecule has 11 heteroatoms. The molecule has 0 atom stereocenters. The van der Waals surface area contributed by atoms with E-state index in [1.807, 2.05) is 0 Å². The molecule has 0 aliphatic carbocycles. The molecule has 0 aromatic heterocycles. The maximum atomic E-state index is 11.8. The number of rotatable bonds is 21. The quantitative estimate of drug-likeness (QED) is 0.121. The third-order valence-corrected chi connectivity index (χ3v) is 6.54. The number of hydrogen-bond donors (Lipinski definition) is 3. The van der Waals surface area contributed by atoms with E-state index in [2.05, 4.69) is 10.6 Å². The molecule has 35 heavy (non-hydrogen) atoms. The zero-order chi connectivity index (χ0) is 25.9. The van der Waals surface area contributed by atoms with Crippen LogP contribution in [0.25, 0.3) is 0 Å². The van der Waals surface area contributed by atoms with Crippen LogP contribution in [0.1, 0.15) is 89.9 Å². The molecule has 0 aromatic rings. The number of unbranched alkanes of at least 4 members (excludes halogenated alkanes) is 9. The highest BCUT2D eigenvalue weighted by Crippen LogP contribution is 2.10. The summed E-state index contributed by atoms with van der Waals surface area (Å²) >= 11 is 0. The molecule has 1 heterocycles. The molecule has 0 aromatic carbocycles. The van der Waals surface area contributed by atoms with Crippen molar-refractivity contribution >= 4 is 33.7 Å². The summed E-state index contributed by atoms with van der Waals surface area (Å²) in [6.45, 7) is 1.41. The van der Waals surface area contributed by atoms with Crippen molar-refractivity contribution < 1.29 is 32.1 Å². The molecule has 4 amide bonds. The summed E-state index contributed by atoms with van der Waals surface area (Å²) in [6, 6.07) is 0. The van der Waals surface area contributed by atoms with Gasteiger partial charge in [0.2, 0.25) is 11.8 Å². The molecule has 0 saturated carbocycles. The van der Waals surface area contributed by atoms with E-state index in [1.165, 1.54) is 17.1 Å². The standard InChI is InChI=1S/C24H41N3O7S/c28-21(13-8-5-3-1-2-4-6-11-20-35(32,33)34)25-17-12-18-26-22(29)14-9-7-10-19-27-23(30)15-16-24(27)31/h15-16H,1-14,17-20H2,(H,25,28)(H,26,29)(H,32,33,34). The Bertz CT molecular complexity index is 794. The van der Waals surface area contributed by atoms with E-state index >= 15 is 0 Å². The highest BCUT2D eigenvalue weighted by Gasteiger charge is 2.22. The van der Waals surface area contributed by atoms with Crippen LogP contribution in [0.5, 0.6) is 0 Å². The molecule has 0 radical (unpaired) electrons. The molecule has 1 aliphatic heterocycles. The number of amides is 4. The lowest BCUT2D eigenvalue weighted by Gasteiger charge is -2.13. The first kappa shape index (κ1) is 30.8. The minimum Gasteiger partial charge on any atom is -0.356 e. The molecule has 0 spiro atoms. The Kier molecular flexibility index (Phi) is 15.9. The summed E-state index contributed by atoms with van der Waals surface area (Å²) in [5, 5.41) is 5.70. The second-order valence-corrected chi connectivity index (χ2v) is 10.5. The number of nitrogens with one attached hydrogen (secondary N) is 2. The SMILES string of the molecule is O=C(CCCCCCCCCCS(=O)(=O)O)NCCCNC(=O)CCCCCN1C(=O)C=CC1=O. The number of nitrogens with zero attached hydrogens (tertiary/aromatic N) is 1. The van der Waals surface area contributed by atoms with Gasteiger partial charge in [-0.25, -0.2) is 0 Å². The van der Waals surface area contributed by atoms with Crippen LogP contribution in [0.2, 0.25) is 0 Å². The molecule has 1 rings (SSSR count). The minimum atomic E-state index is -3.84. The molecule has 0 unspecified atom stereocenters. The number of carbonyl (C=O) groups is 4. The van der Waals surface area contributed by atoms with Crippen molar-refractivity contribution in [3.8, 4) is 0 Å². The van der Waals surface area contributed by atoms with Gasteiger partial charge in [-0.1, -0.05) is 44.9 Å². The predicted octanol–water partition coefficient (Wildman–Crippen LogP) is 2.49. The lowest BCUT2D eigenvalue weighted by atomic mass is 10.1. The highest BCUT2D eigenvalue weighted by atomic mass is 32.2. The summed E-state index contributed by atoms with van der Waals surface area (Å²) in [4.78, 5) is 47.8. The normalized spacial score (nSPS) is 13.5. The fraction of sp³-hybridized carbons (Fsp3) is 0.750. The Balaban J connectivity index is 1.84. The van der Waals surface area contributed by atoms with E-state index in [1.54, 1.807) is 0 Å². The van der Waals surface area contributed by atoms with Crippen LogP contribution >= 0.6 is 0 Å². The lowest BCUT2D eigenvalue weighted by molar-refractivity contribution is -0.137. The fourth-order valence-electron chi connectivity index (χ4n) is 3.74. The summed E-state index contributed by atoms with van der Waals surface area (Å²) < 4.78 is 29.9. The van der Waals surface area contributed by atoms with Gasteiger partial charge in [-0.15, -0.1) is 0 Å². The van der Waals surface area contributed by atoms with Crippen molar-refractivity contribution in [3.63, 3.8) is 0 Å². The third kappa shape index (κ3) is 16.9. The maximum Gasteiger partial charge on any atom is 0.264 e. The molecule has 0 fully saturated rings. The molecular formula is C24H41N3O7S. The summed E-state index contributed by atoms with van der Waals surface area (Å²) in [6.07, 6.45) is 13.4. The van der Waals surface area contributed by atoms with E-state index in [9.17, 15) is 27.6 Å². The van der Waals surface area contributed by atoms with E-state index in [-0.39, 0.29) is 29.4 Å². The summed E-state index contributed by atoms with van der Waals surface area (Å²) in [5.41, 5.74) is 0. The van der Waals surface area contributed by atoms with Crippen molar-refractivity contribution in [2.24, 2.45) is 0 Å². The second-order valence-electron chi connectivity index (χ2n) is 8.89. The van der Waals surface area contributed by atoms with Gasteiger partial charge in [0.15, 0.2) is 0 Å².